The maximum Gasteiger partial charge on any atom is 0.278 e. The van der Waals surface area contributed by atoms with Crippen LogP contribution in [0.15, 0.2) is 29.2 Å². The van der Waals surface area contributed by atoms with Gasteiger partial charge in [-0.25, -0.2) is 8.42 Å². The lowest BCUT2D eigenvalue weighted by Gasteiger charge is -2.18. The summed E-state index contributed by atoms with van der Waals surface area (Å²) in [6, 6.07) is 6.47. The summed E-state index contributed by atoms with van der Waals surface area (Å²) in [4.78, 5) is 12.7. The summed E-state index contributed by atoms with van der Waals surface area (Å²) in [5.74, 6) is -0.418. The normalized spacial score (nSPS) is 11.9. The summed E-state index contributed by atoms with van der Waals surface area (Å²) in [7, 11) is -3.69. The number of rotatable bonds is 5. The van der Waals surface area contributed by atoms with E-state index in [0.29, 0.717) is 35.1 Å². The van der Waals surface area contributed by atoms with Gasteiger partial charge in [0.15, 0.2) is 0 Å². The van der Waals surface area contributed by atoms with E-state index in [1.807, 2.05) is 0 Å². The molecule has 0 N–H and O–H groups in total. The van der Waals surface area contributed by atoms with Crippen LogP contribution in [0, 0.1) is 13.8 Å². The van der Waals surface area contributed by atoms with Crippen molar-refractivity contribution in [3.8, 4) is 0 Å². The Hall–Kier alpha value is -1.70. The Kier molecular flexibility index (Phi) is 5.47. The van der Waals surface area contributed by atoms with Crippen LogP contribution in [-0.4, -0.2) is 41.5 Å². The maximum atomic E-state index is 12.8. The van der Waals surface area contributed by atoms with Gasteiger partial charge in [-0.3, -0.25) is 4.79 Å². The summed E-state index contributed by atoms with van der Waals surface area (Å²) < 4.78 is 28.1. The highest BCUT2D eigenvalue weighted by Crippen LogP contribution is 2.24. The van der Waals surface area contributed by atoms with Crippen LogP contribution in [0.5, 0.6) is 0 Å². The molecule has 0 unspecified atom stereocenters. The van der Waals surface area contributed by atoms with E-state index in [1.165, 1.54) is 10.4 Å². The lowest BCUT2D eigenvalue weighted by molar-refractivity contribution is 0.0942. The van der Waals surface area contributed by atoms with Crippen molar-refractivity contribution in [2.75, 3.05) is 13.1 Å². The number of benzene rings is 1. The largest absolute Gasteiger partial charge is 0.278 e. The highest BCUT2D eigenvalue weighted by molar-refractivity contribution is 7.89. The number of aromatic nitrogens is 2. The SMILES string of the molecule is CCN(CC)S(=O)(=O)c1c(C)nn(C(=O)c2cccc(Cl)c2)c1C. The number of sulfonamides is 1. The zero-order valence-corrected chi connectivity index (χ0v) is 15.6. The molecule has 6 nitrogen and oxygen atoms in total. The first-order chi connectivity index (χ1) is 11.2. The van der Waals surface area contributed by atoms with E-state index >= 15 is 0 Å². The first-order valence-corrected chi connectivity index (χ1v) is 9.42. The van der Waals surface area contributed by atoms with Gasteiger partial charge in [-0.05, 0) is 32.0 Å². The topological polar surface area (TPSA) is 72.3 Å². The second-order valence-electron chi connectivity index (χ2n) is 5.32. The van der Waals surface area contributed by atoms with Gasteiger partial charge in [0.25, 0.3) is 5.91 Å². The molecule has 0 aliphatic heterocycles. The van der Waals surface area contributed by atoms with E-state index in [1.54, 1.807) is 45.9 Å². The third-order valence-electron chi connectivity index (χ3n) is 3.79. The van der Waals surface area contributed by atoms with E-state index in [4.69, 9.17) is 11.6 Å². The predicted molar refractivity (Wildman–Crippen MR) is 93.0 cm³/mol. The highest BCUT2D eigenvalue weighted by Gasteiger charge is 2.30. The monoisotopic (exact) mass is 369 g/mol. The number of hydrogen-bond acceptors (Lipinski definition) is 4. The number of halogens is 1. The van der Waals surface area contributed by atoms with Crippen molar-refractivity contribution in [1.29, 1.82) is 0 Å². The van der Waals surface area contributed by atoms with E-state index in [9.17, 15) is 13.2 Å². The number of nitrogens with zero attached hydrogens (tertiary/aromatic N) is 3. The summed E-state index contributed by atoms with van der Waals surface area (Å²) >= 11 is 5.92. The van der Waals surface area contributed by atoms with Crippen LogP contribution in [0.1, 0.15) is 35.6 Å². The van der Waals surface area contributed by atoms with Crippen LogP contribution in [0.2, 0.25) is 5.02 Å². The lowest BCUT2D eigenvalue weighted by Crippen LogP contribution is -2.31. The average Bonchev–Trinajstić information content (AvgIpc) is 2.82. The molecule has 0 aliphatic rings. The smallest absolute Gasteiger partial charge is 0.267 e. The molecule has 130 valence electrons. The molecule has 0 fully saturated rings. The van der Waals surface area contributed by atoms with Gasteiger partial charge < -0.3 is 0 Å². The van der Waals surface area contributed by atoms with Crippen LogP contribution in [0.3, 0.4) is 0 Å². The molecule has 0 saturated heterocycles. The quantitative estimate of drug-likeness (QED) is 0.812. The van der Waals surface area contributed by atoms with Gasteiger partial charge in [-0.1, -0.05) is 31.5 Å². The second kappa shape index (κ2) is 7.04. The summed E-state index contributed by atoms with van der Waals surface area (Å²) in [5, 5.41) is 4.58. The number of carbonyl (C=O) groups excluding carboxylic acids is 1. The fourth-order valence-electron chi connectivity index (χ4n) is 2.64. The van der Waals surface area contributed by atoms with Crippen LogP contribution in [0.25, 0.3) is 0 Å². The zero-order chi connectivity index (χ0) is 18.1. The Bertz CT molecular complexity index is 871. The second-order valence-corrected chi connectivity index (χ2v) is 7.63. The molecule has 1 aromatic carbocycles. The third-order valence-corrected chi connectivity index (χ3v) is 6.33. The minimum Gasteiger partial charge on any atom is -0.267 e. The van der Waals surface area contributed by atoms with E-state index < -0.39 is 15.9 Å². The van der Waals surface area contributed by atoms with E-state index in [-0.39, 0.29) is 4.90 Å². The molecule has 8 heteroatoms. The molecule has 2 rings (SSSR count). The lowest BCUT2D eigenvalue weighted by atomic mass is 10.2. The molecular formula is C16H20ClN3O3S. The minimum absolute atomic E-state index is 0.0848. The molecule has 0 saturated carbocycles. The Morgan fingerprint density at radius 2 is 1.88 bits per heavy atom. The molecule has 0 aliphatic carbocycles. The van der Waals surface area contributed by atoms with Crippen LogP contribution >= 0.6 is 11.6 Å². The molecule has 0 bridgehead atoms. The molecule has 1 aromatic heterocycles. The average molecular weight is 370 g/mol. The van der Waals surface area contributed by atoms with Gasteiger partial charge in [0, 0.05) is 23.7 Å². The molecule has 0 amide bonds. The Morgan fingerprint density at radius 1 is 1.25 bits per heavy atom. The molecule has 0 atom stereocenters. The first-order valence-electron chi connectivity index (χ1n) is 7.60. The fourth-order valence-corrected chi connectivity index (χ4v) is 4.64. The van der Waals surface area contributed by atoms with E-state index in [0.717, 1.165) is 4.68 Å². The van der Waals surface area contributed by atoms with E-state index in [2.05, 4.69) is 5.10 Å². The van der Waals surface area contributed by atoms with Crippen molar-refractivity contribution in [2.24, 2.45) is 0 Å². The van der Waals surface area contributed by atoms with Crippen LogP contribution < -0.4 is 0 Å². The number of hydrogen-bond donors (Lipinski definition) is 0. The summed E-state index contributed by atoms with van der Waals surface area (Å²) in [6.45, 7) is 7.42. The van der Waals surface area contributed by atoms with Crippen molar-refractivity contribution in [1.82, 2.24) is 14.1 Å². The van der Waals surface area contributed by atoms with Crippen molar-refractivity contribution in [3.05, 3.63) is 46.2 Å². The van der Waals surface area contributed by atoms with Gasteiger partial charge in [0.1, 0.15) is 4.90 Å². The third kappa shape index (κ3) is 3.24. The van der Waals surface area contributed by atoms with Crippen molar-refractivity contribution in [2.45, 2.75) is 32.6 Å². The summed E-state index contributed by atoms with van der Waals surface area (Å²) in [6.07, 6.45) is 0. The molecular weight excluding hydrogens is 350 g/mol. The van der Waals surface area contributed by atoms with Gasteiger partial charge in [0.2, 0.25) is 10.0 Å². The molecule has 0 spiro atoms. The van der Waals surface area contributed by atoms with Crippen LogP contribution in [-0.2, 0) is 10.0 Å². The first kappa shape index (κ1) is 18.6. The molecule has 0 radical (unpaired) electrons. The molecule has 1 heterocycles. The Morgan fingerprint density at radius 3 is 2.42 bits per heavy atom. The Labute approximate surface area is 147 Å². The van der Waals surface area contributed by atoms with Crippen LogP contribution in [0.4, 0.5) is 0 Å². The standard InChI is InChI=1S/C16H20ClN3O3S/c1-5-19(6-2)24(22,23)15-11(3)18-20(12(15)4)16(21)13-8-7-9-14(17)10-13/h7-10H,5-6H2,1-4H3. The maximum absolute atomic E-state index is 12.8. The number of carbonyl (C=O) groups is 1. The van der Waals surface area contributed by atoms with Gasteiger partial charge in [0.05, 0.1) is 11.4 Å². The minimum atomic E-state index is -3.69. The predicted octanol–water partition coefficient (Wildman–Crippen LogP) is 2.87. The molecule has 24 heavy (non-hydrogen) atoms. The Balaban J connectivity index is 2.56. The fraction of sp³-hybridized carbons (Fsp3) is 0.375. The van der Waals surface area contributed by atoms with Gasteiger partial charge in [-0.2, -0.15) is 14.1 Å². The summed E-state index contributed by atoms with van der Waals surface area (Å²) in [5.41, 5.74) is 0.944. The van der Waals surface area contributed by atoms with Gasteiger partial charge >= 0.3 is 0 Å². The highest BCUT2D eigenvalue weighted by atomic mass is 35.5. The zero-order valence-electron chi connectivity index (χ0n) is 14.1. The van der Waals surface area contributed by atoms with Crippen molar-refractivity contribution >= 4 is 27.5 Å². The van der Waals surface area contributed by atoms with Gasteiger partial charge in [-0.15, -0.1) is 0 Å². The van der Waals surface area contributed by atoms with Crippen molar-refractivity contribution < 1.29 is 13.2 Å². The number of aryl methyl sites for hydroxylation is 1. The molecule has 2 aromatic rings. The van der Waals surface area contributed by atoms with Crippen molar-refractivity contribution in [3.63, 3.8) is 0 Å².